The molecule has 104 valence electrons. The van der Waals surface area contributed by atoms with Crippen LogP contribution < -0.4 is 0 Å². The van der Waals surface area contributed by atoms with Crippen molar-refractivity contribution in [1.82, 2.24) is 9.96 Å². The minimum Gasteiger partial charge on any atom is -0.444 e. The zero-order chi connectivity index (χ0) is 13.9. The molecule has 0 atom stereocenters. The lowest BCUT2D eigenvalue weighted by atomic mass is 10.2. The summed E-state index contributed by atoms with van der Waals surface area (Å²) in [6.07, 6.45) is 1.40. The smallest absolute Gasteiger partial charge is 0.411 e. The Morgan fingerprint density at radius 2 is 1.83 bits per heavy atom. The van der Waals surface area contributed by atoms with E-state index in [1.54, 1.807) is 20.8 Å². The Bertz CT molecular complexity index is 321. The summed E-state index contributed by atoms with van der Waals surface area (Å²) < 4.78 is 5.29. The molecule has 18 heavy (non-hydrogen) atoms. The second-order valence-electron chi connectivity index (χ2n) is 5.41. The van der Waals surface area contributed by atoms with Crippen LogP contribution in [-0.2, 0) is 14.4 Å². The lowest BCUT2D eigenvalue weighted by molar-refractivity contribution is -0.169. The first-order valence-corrected chi connectivity index (χ1v) is 6.05. The summed E-state index contributed by atoms with van der Waals surface area (Å²) in [6, 6.07) is 0.119. The lowest BCUT2D eigenvalue weighted by Gasteiger charge is -2.27. The molecular weight excluding hydrogens is 236 g/mol. The average Bonchev–Trinajstić information content (AvgIpc) is 3.05. The Labute approximate surface area is 108 Å². The highest BCUT2D eigenvalue weighted by atomic mass is 16.7. The van der Waals surface area contributed by atoms with Crippen molar-refractivity contribution in [3.8, 4) is 0 Å². The molecule has 1 saturated carbocycles. The number of hydroxylamine groups is 2. The second-order valence-corrected chi connectivity index (χ2v) is 5.41. The van der Waals surface area contributed by atoms with E-state index in [4.69, 9.17) is 9.57 Å². The van der Waals surface area contributed by atoms with Gasteiger partial charge in [-0.1, -0.05) is 0 Å². The van der Waals surface area contributed by atoms with Crippen LogP contribution in [0.2, 0.25) is 0 Å². The van der Waals surface area contributed by atoms with Gasteiger partial charge in [0.25, 0.3) is 5.91 Å². The number of likely N-dealkylation sites (N-methyl/N-ethyl adjacent to an activating group) is 1. The third-order valence-electron chi connectivity index (χ3n) is 2.55. The van der Waals surface area contributed by atoms with Crippen LogP contribution in [0.3, 0.4) is 0 Å². The van der Waals surface area contributed by atoms with E-state index in [-0.39, 0.29) is 18.5 Å². The first-order chi connectivity index (χ1) is 8.24. The minimum atomic E-state index is -0.555. The van der Waals surface area contributed by atoms with Crippen molar-refractivity contribution in [2.45, 2.75) is 45.3 Å². The number of rotatable bonds is 4. The maximum Gasteiger partial charge on any atom is 0.411 e. The van der Waals surface area contributed by atoms with E-state index in [0.29, 0.717) is 0 Å². The van der Waals surface area contributed by atoms with Gasteiger partial charge < -0.3 is 4.74 Å². The lowest BCUT2D eigenvalue weighted by Crippen LogP contribution is -2.44. The number of carbonyl (C=O) groups excluding carboxylic acids is 2. The fourth-order valence-corrected chi connectivity index (χ4v) is 1.40. The van der Waals surface area contributed by atoms with Gasteiger partial charge in [0, 0.05) is 13.1 Å². The molecule has 6 nitrogen and oxygen atoms in total. The van der Waals surface area contributed by atoms with Gasteiger partial charge in [0.1, 0.15) is 12.1 Å². The SMILES string of the molecule is CON(C)C(=O)CN(C(=O)OC(C)(C)C)C1CC1. The highest BCUT2D eigenvalue weighted by Crippen LogP contribution is 2.28. The van der Waals surface area contributed by atoms with Crippen LogP contribution in [-0.4, -0.2) is 54.3 Å². The summed E-state index contributed by atoms with van der Waals surface area (Å²) in [4.78, 5) is 30.0. The Morgan fingerprint density at radius 3 is 2.22 bits per heavy atom. The standard InChI is InChI=1S/C12H22N2O4/c1-12(2,3)18-11(16)14(9-6-7-9)8-10(15)13(4)17-5/h9H,6-8H2,1-5H3. The molecular formula is C12H22N2O4. The van der Waals surface area contributed by atoms with E-state index in [2.05, 4.69) is 0 Å². The molecule has 0 heterocycles. The van der Waals surface area contributed by atoms with Gasteiger partial charge in [-0.05, 0) is 33.6 Å². The Balaban J connectivity index is 2.60. The molecule has 1 aliphatic carbocycles. The molecule has 0 spiro atoms. The van der Waals surface area contributed by atoms with E-state index in [1.807, 2.05) is 0 Å². The fourth-order valence-electron chi connectivity index (χ4n) is 1.40. The van der Waals surface area contributed by atoms with E-state index in [9.17, 15) is 9.59 Å². The summed E-state index contributed by atoms with van der Waals surface area (Å²) in [6.45, 7) is 5.40. The number of amides is 2. The molecule has 0 saturated heterocycles. The van der Waals surface area contributed by atoms with E-state index < -0.39 is 11.7 Å². The van der Waals surface area contributed by atoms with Crippen molar-refractivity contribution in [3.63, 3.8) is 0 Å². The van der Waals surface area contributed by atoms with Gasteiger partial charge in [0.2, 0.25) is 0 Å². The third kappa shape index (κ3) is 4.52. The van der Waals surface area contributed by atoms with Crippen LogP contribution in [0.15, 0.2) is 0 Å². The van der Waals surface area contributed by atoms with Crippen molar-refractivity contribution in [2.24, 2.45) is 0 Å². The maximum absolute atomic E-state index is 12.0. The van der Waals surface area contributed by atoms with Gasteiger partial charge in [0.15, 0.2) is 0 Å². The molecule has 0 aromatic rings. The fraction of sp³-hybridized carbons (Fsp3) is 0.833. The highest BCUT2D eigenvalue weighted by molar-refractivity contribution is 5.81. The molecule has 2 amide bonds. The number of nitrogens with zero attached hydrogens (tertiary/aromatic N) is 2. The molecule has 0 aromatic carbocycles. The monoisotopic (exact) mass is 258 g/mol. The van der Waals surface area contributed by atoms with Crippen molar-refractivity contribution >= 4 is 12.0 Å². The number of hydrogen-bond donors (Lipinski definition) is 0. The van der Waals surface area contributed by atoms with Gasteiger partial charge in [-0.2, -0.15) is 0 Å². The number of carbonyl (C=O) groups is 2. The predicted molar refractivity (Wildman–Crippen MR) is 65.7 cm³/mol. The minimum absolute atomic E-state index is 0.0100. The molecule has 0 unspecified atom stereocenters. The van der Waals surface area contributed by atoms with Crippen LogP contribution in [0.4, 0.5) is 4.79 Å². The van der Waals surface area contributed by atoms with Crippen LogP contribution in [0.1, 0.15) is 33.6 Å². The van der Waals surface area contributed by atoms with Gasteiger partial charge >= 0.3 is 6.09 Å². The molecule has 0 radical (unpaired) electrons. The highest BCUT2D eigenvalue weighted by Gasteiger charge is 2.36. The zero-order valence-corrected chi connectivity index (χ0v) is 11.7. The summed E-state index contributed by atoms with van der Waals surface area (Å²) in [5, 5.41) is 1.11. The normalized spacial score (nSPS) is 15.2. The van der Waals surface area contributed by atoms with Gasteiger partial charge in [0.05, 0.1) is 7.11 Å². The molecule has 6 heteroatoms. The van der Waals surface area contributed by atoms with Crippen LogP contribution in [0.5, 0.6) is 0 Å². The topological polar surface area (TPSA) is 59.1 Å². The van der Waals surface area contributed by atoms with Crippen LogP contribution in [0, 0.1) is 0 Å². The van der Waals surface area contributed by atoms with Gasteiger partial charge in [-0.3, -0.25) is 14.5 Å². The first-order valence-electron chi connectivity index (χ1n) is 6.05. The van der Waals surface area contributed by atoms with Crippen molar-refractivity contribution in [3.05, 3.63) is 0 Å². The molecule has 1 aliphatic rings. The maximum atomic E-state index is 12.0. The summed E-state index contributed by atoms with van der Waals surface area (Å²) in [5.74, 6) is -0.268. The quantitative estimate of drug-likeness (QED) is 0.715. The largest absolute Gasteiger partial charge is 0.444 e. The number of ether oxygens (including phenoxy) is 1. The van der Waals surface area contributed by atoms with Crippen LogP contribution >= 0.6 is 0 Å². The second kappa shape index (κ2) is 5.56. The predicted octanol–water partition coefficient (Wildman–Crippen LogP) is 1.41. The van der Waals surface area contributed by atoms with Crippen molar-refractivity contribution < 1.29 is 19.2 Å². The first kappa shape index (κ1) is 14.8. The van der Waals surface area contributed by atoms with E-state index in [0.717, 1.165) is 17.9 Å². The van der Waals surface area contributed by atoms with Gasteiger partial charge in [-0.25, -0.2) is 9.86 Å². The van der Waals surface area contributed by atoms with E-state index in [1.165, 1.54) is 19.1 Å². The Morgan fingerprint density at radius 1 is 1.28 bits per heavy atom. The summed E-state index contributed by atoms with van der Waals surface area (Å²) in [7, 11) is 2.93. The molecule has 0 aliphatic heterocycles. The van der Waals surface area contributed by atoms with Crippen molar-refractivity contribution in [1.29, 1.82) is 0 Å². The Kier molecular flexibility index (Phi) is 4.56. The molecule has 0 bridgehead atoms. The third-order valence-corrected chi connectivity index (χ3v) is 2.55. The summed E-state index contributed by atoms with van der Waals surface area (Å²) >= 11 is 0. The molecule has 0 N–H and O–H groups in total. The van der Waals surface area contributed by atoms with E-state index >= 15 is 0 Å². The number of hydrogen-bond acceptors (Lipinski definition) is 4. The zero-order valence-electron chi connectivity index (χ0n) is 11.7. The average molecular weight is 258 g/mol. The van der Waals surface area contributed by atoms with Gasteiger partial charge in [-0.15, -0.1) is 0 Å². The van der Waals surface area contributed by atoms with Crippen molar-refractivity contribution in [2.75, 3.05) is 20.7 Å². The van der Waals surface area contributed by atoms with Crippen LogP contribution in [0.25, 0.3) is 0 Å². The summed E-state index contributed by atoms with van der Waals surface area (Å²) in [5.41, 5.74) is -0.555. The molecule has 0 aromatic heterocycles. The molecule has 1 rings (SSSR count). The Hall–Kier alpha value is -1.30. The molecule has 1 fully saturated rings.